The van der Waals surface area contributed by atoms with E-state index in [0.717, 1.165) is 25.8 Å². The fraction of sp³-hybridized carbons (Fsp3) is 0.636. The summed E-state index contributed by atoms with van der Waals surface area (Å²) in [5, 5.41) is 8.66. The first-order valence-corrected chi connectivity index (χ1v) is 5.29. The van der Waals surface area contributed by atoms with Crippen LogP contribution in [0.2, 0.25) is 0 Å². The van der Waals surface area contributed by atoms with Gasteiger partial charge in [0.2, 0.25) is 5.91 Å². The predicted octanol–water partition coefficient (Wildman–Crippen LogP) is 1.42. The summed E-state index contributed by atoms with van der Waals surface area (Å²) in [5.41, 5.74) is 0.298. The highest BCUT2D eigenvalue weighted by Gasteiger charge is 2.15. The number of carbonyl (C=O) groups is 2. The summed E-state index contributed by atoms with van der Waals surface area (Å²) < 4.78 is 0. The Kier molecular flexibility index (Phi) is 4.34. The van der Waals surface area contributed by atoms with Gasteiger partial charge in [-0.3, -0.25) is 4.79 Å². The summed E-state index contributed by atoms with van der Waals surface area (Å²) in [7, 11) is 0. The third-order valence-electron chi connectivity index (χ3n) is 2.63. The first kappa shape index (κ1) is 11.8. The number of hydrogen-bond donors (Lipinski definition) is 1. The van der Waals surface area contributed by atoms with Crippen LogP contribution in [0.4, 0.5) is 0 Å². The lowest BCUT2D eigenvalue weighted by Gasteiger charge is -2.18. The zero-order valence-corrected chi connectivity index (χ0v) is 9.03. The van der Waals surface area contributed by atoms with Gasteiger partial charge in [0.25, 0.3) is 0 Å². The van der Waals surface area contributed by atoms with Gasteiger partial charge in [-0.1, -0.05) is 12.5 Å². The average molecular weight is 211 g/mol. The molecule has 0 aromatic heterocycles. The highest BCUT2D eigenvalue weighted by atomic mass is 16.4. The van der Waals surface area contributed by atoms with Crippen LogP contribution in [0.3, 0.4) is 0 Å². The highest BCUT2D eigenvalue weighted by Crippen LogP contribution is 2.11. The zero-order chi connectivity index (χ0) is 11.3. The molecule has 1 amide bonds. The maximum atomic E-state index is 11.5. The van der Waals surface area contributed by atoms with Crippen molar-refractivity contribution in [3.05, 3.63) is 11.6 Å². The predicted molar refractivity (Wildman–Crippen MR) is 56.4 cm³/mol. The Morgan fingerprint density at radius 2 is 2.20 bits per heavy atom. The van der Waals surface area contributed by atoms with Crippen LogP contribution < -0.4 is 0 Å². The van der Waals surface area contributed by atoms with Crippen LogP contribution in [0, 0.1) is 0 Å². The Hall–Kier alpha value is -1.32. The average Bonchev–Trinajstić information content (AvgIpc) is 2.39. The number of likely N-dealkylation sites (tertiary alicyclic amines) is 1. The van der Waals surface area contributed by atoms with Gasteiger partial charge in [-0.05, 0) is 19.8 Å². The monoisotopic (exact) mass is 211 g/mol. The molecule has 0 unspecified atom stereocenters. The maximum Gasteiger partial charge on any atom is 0.331 e. The minimum Gasteiger partial charge on any atom is -0.478 e. The molecule has 84 valence electrons. The molecular formula is C11H17NO3. The van der Waals surface area contributed by atoms with E-state index >= 15 is 0 Å². The van der Waals surface area contributed by atoms with Crippen molar-refractivity contribution < 1.29 is 14.7 Å². The molecule has 15 heavy (non-hydrogen) atoms. The van der Waals surface area contributed by atoms with Gasteiger partial charge in [0.15, 0.2) is 0 Å². The molecule has 1 aliphatic rings. The third-order valence-corrected chi connectivity index (χ3v) is 2.63. The summed E-state index contributed by atoms with van der Waals surface area (Å²) in [6, 6.07) is 0. The third kappa shape index (κ3) is 3.73. The normalized spacial score (nSPS) is 18.9. The zero-order valence-electron chi connectivity index (χ0n) is 9.03. The summed E-state index contributed by atoms with van der Waals surface area (Å²) in [6.45, 7) is 2.73. The molecular weight excluding hydrogens is 194 g/mol. The lowest BCUT2D eigenvalue weighted by atomic mass is 10.2. The largest absolute Gasteiger partial charge is 0.478 e. The fourth-order valence-corrected chi connectivity index (χ4v) is 1.57. The molecule has 1 rings (SSSR count). The molecule has 0 radical (unpaired) electrons. The molecule has 1 fully saturated rings. The van der Waals surface area contributed by atoms with Crippen LogP contribution in [-0.4, -0.2) is 35.0 Å². The molecule has 0 spiro atoms. The topological polar surface area (TPSA) is 57.6 Å². The van der Waals surface area contributed by atoms with Crippen LogP contribution in [0.5, 0.6) is 0 Å². The van der Waals surface area contributed by atoms with Crippen LogP contribution >= 0.6 is 0 Å². The van der Waals surface area contributed by atoms with Gasteiger partial charge in [-0.15, -0.1) is 0 Å². The van der Waals surface area contributed by atoms with Gasteiger partial charge in [-0.2, -0.15) is 0 Å². The number of nitrogens with zero attached hydrogens (tertiary/aromatic N) is 1. The Morgan fingerprint density at radius 1 is 1.47 bits per heavy atom. The molecule has 0 aromatic carbocycles. The van der Waals surface area contributed by atoms with E-state index in [2.05, 4.69) is 0 Å². The van der Waals surface area contributed by atoms with Crippen molar-refractivity contribution in [3.63, 3.8) is 0 Å². The standard InChI is InChI=1S/C11H17NO3/c1-9(11(14)15)6-8-12-7-4-2-3-5-10(12)13/h6H,2-5,7-8H2,1H3,(H,14,15)/b9-6+. The Labute approximate surface area is 89.6 Å². The van der Waals surface area contributed by atoms with E-state index in [4.69, 9.17) is 5.11 Å². The van der Waals surface area contributed by atoms with Crippen molar-refractivity contribution in [1.29, 1.82) is 0 Å². The summed E-state index contributed by atoms with van der Waals surface area (Å²) in [4.78, 5) is 23.8. The second-order valence-corrected chi connectivity index (χ2v) is 3.84. The van der Waals surface area contributed by atoms with Crippen LogP contribution in [0.25, 0.3) is 0 Å². The number of carboxylic acid groups (broad SMARTS) is 1. The fourth-order valence-electron chi connectivity index (χ4n) is 1.57. The number of rotatable bonds is 3. The van der Waals surface area contributed by atoms with E-state index < -0.39 is 5.97 Å². The maximum absolute atomic E-state index is 11.5. The summed E-state index contributed by atoms with van der Waals surface area (Å²) >= 11 is 0. The Morgan fingerprint density at radius 3 is 2.87 bits per heavy atom. The van der Waals surface area contributed by atoms with Crippen molar-refractivity contribution >= 4 is 11.9 Å². The van der Waals surface area contributed by atoms with Gasteiger partial charge < -0.3 is 10.0 Å². The molecule has 1 aliphatic heterocycles. The molecule has 0 bridgehead atoms. The molecule has 0 aromatic rings. The number of aliphatic carboxylic acids is 1. The van der Waals surface area contributed by atoms with Crippen LogP contribution in [-0.2, 0) is 9.59 Å². The lowest BCUT2D eigenvalue weighted by Crippen LogP contribution is -2.30. The number of amides is 1. The van der Waals surface area contributed by atoms with Crippen LogP contribution in [0.15, 0.2) is 11.6 Å². The first-order valence-electron chi connectivity index (χ1n) is 5.29. The van der Waals surface area contributed by atoms with Crippen molar-refractivity contribution in [2.45, 2.75) is 32.6 Å². The molecule has 4 heteroatoms. The van der Waals surface area contributed by atoms with Gasteiger partial charge in [-0.25, -0.2) is 4.79 Å². The van der Waals surface area contributed by atoms with E-state index in [1.165, 1.54) is 0 Å². The van der Waals surface area contributed by atoms with Gasteiger partial charge >= 0.3 is 5.97 Å². The summed E-state index contributed by atoms with van der Waals surface area (Å²) in [5.74, 6) is -0.779. The van der Waals surface area contributed by atoms with E-state index in [0.29, 0.717) is 18.5 Å². The Balaban J connectivity index is 2.52. The van der Waals surface area contributed by atoms with Crippen molar-refractivity contribution in [3.8, 4) is 0 Å². The quantitative estimate of drug-likeness (QED) is 0.718. The molecule has 1 N–H and O–H groups in total. The molecule has 4 nitrogen and oxygen atoms in total. The SMILES string of the molecule is C/C(=C\CN1CCCCCC1=O)C(=O)O. The van der Waals surface area contributed by atoms with Gasteiger partial charge in [0.05, 0.1) is 0 Å². The second-order valence-electron chi connectivity index (χ2n) is 3.84. The lowest BCUT2D eigenvalue weighted by molar-refractivity contribution is -0.133. The molecule has 0 saturated carbocycles. The van der Waals surface area contributed by atoms with Gasteiger partial charge in [0.1, 0.15) is 0 Å². The minimum atomic E-state index is -0.919. The Bertz CT molecular complexity index is 284. The smallest absolute Gasteiger partial charge is 0.331 e. The van der Waals surface area contributed by atoms with Gasteiger partial charge in [0, 0.05) is 25.1 Å². The van der Waals surface area contributed by atoms with Crippen molar-refractivity contribution in [2.75, 3.05) is 13.1 Å². The number of carboxylic acids is 1. The van der Waals surface area contributed by atoms with E-state index in [9.17, 15) is 9.59 Å². The molecule has 1 heterocycles. The minimum absolute atomic E-state index is 0.141. The molecule has 0 aliphatic carbocycles. The van der Waals surface area contributed by atoms with Crippen LogP contribution in [0.1, 0.15) is 32.6 Å². The number of carbonyl (C=O) groups excluding carboxylic acids is 1. The first-order chi connectivity index (χ1) is 7.11. The van der Waals surface area contributed by atoms with Crippen molar-refractivity contribution in [2.24, 2.45) is 0 Å². The molecule has 0 atom stereocenters. The van der Waals surface area contributed by atoms with Crippen molar-refractivity contribution in [1.82, 2.24) is 4.90 Å². The molecule has 1 saturated heterocycles. The van der Waals surface area contributed by atoms with E-state index in [-0.39, 0.29) is 5.91 Å². The number of hydrogen-bond acceptors (Lipinski definition) is 2. The van der Waals surface area contributed by atoms with E-state index in [1.54, 1.807) is 17.9 Å². The summed E-state index contributed by atoms with van der Waals surface area (Å²) in [6.07, 6.45) is 5.26. The second kappa shape index (κ2) is 5.53. The highest BCUT2D eigenvalue weighted by molar-refractivity contribution is 5.86. The van der Waals surface area contributed by atoms with E-state index in [1.807, 2.05) is 0 Å².